The highest BCUT2D eigenvalue weighted by molar-refractivity contribution is 5.82. The Morgan fingerprint density at radius 2 is 2.00 bits per heavy atom. The fourth-order valence-electron chi connectivity index (χ4n) is 3.77. The van der Waals surface area contributed by atoms with Gasteiger partial charge in [-0.05, 0) is 48.3 Å². The highest BCUT2D eigenvalue weighted by Crippen LogP contribution is 2.40. The predicted octanol–water partition coefficient (Wildman–Crippen LogP) is 3.81. The average molecular weight is 283 g/mol. The van der Waals surface area contributed by atoms with E-state index in [4.69, 9.17) is 5.84 Å². The normalized spacial score (nSPS) is 27.7. The van der Waals surface area contributed by atoms with Crippen molar-refractivity contribution in [2.24, 2.45) is 23.6 Å². The van der Waals surface area contributed by atoms with Gasteiger partial charge in [0.25, 0.3) is 0 Å². The lowest BCUT2D eigenvalue weighted by molar-refractivity contribution is 0.172. The van der Waals surface area contributed by atoms with E-state index in [0.717, 1.165) is 17.4 Å². The van der Waals surface area contributed by atoms with Gasteiger partial charge in [-0.3, -0.25) is 16.3 Å². The van der Waals surface area contributed by atoms with Crippen molar-refractivity contribution in [2.45, 2.75) is 39.2 Å². The van der Waals surface area contributed by atoms with E-state index in [0.29, 0.717) is 5.92 Å². The molecule has 4 unspecified atom stereocenters. The van der Waals surface area contributed by atoms with E-state index in [1.165, 1.54) is 30.2 Å². The molecule has 0 spiro atoms. The molecule has 0 saturated heterocycles. The zero-order chi connectivity index (χ0) is 14.8. The van der Waals surface area contributed by atoms with Crippen LogP contribution < -0.4 is 11.3 Å². The second-order valence-corrected chi connectivity index (χ2v) is 6.59. The van der Waals surface area contributed by atoms with Crippen LogP contribution in [0.4, 0.5) is 0 Å². The molecule has 0 aliphatic heterocycles. The van der Waals surface area contributed by atoms with Gasteiger partial charge in [-0.1, -0.05) is 38.5 Å². The van der Waals surface area contributed by atoms with Gasteiger partial charge in [0.15, 0.2) is 0 Å². The average Bonchev–Trinajstić information content (AvgIpc) is 2.52. The summed E-state index contributed by atoms with van der Waals surface area (Å²) in [5, 5.41) is 1.22. The number of pyridine rings is 1. The van der Waals surface area contributed by atoms with Crippen molar-refractivity contribution in [3.8, 4) is 0 Å². The number of hydrazine groups is 1. The van der Waals surface area contributed by atoms with Crippen LogP contribution in [0.3, 0.4) is 0 Å². The molecule has 3 nitrogen and oxygen atoms in total. The summed E-state index contributed by atoms with van der Waals surface area (Å²) >= 11 is 0. The molecule has 1 aliphatic carbocycles. The first kappa shape index (κ1) is 14.5. The molecule has 0 radical (unpaired) electrons. The molecule has 2 aromatic rings. The number of aromatic nitrogens is 1. The largest absolute Gasteiger partial charge is 0.271 e. The molecule has 1 fully saturated rings. The lowest BCUT2D eigenvalue weighted by Crippen LogP contribution is -2.37. The summed E-state index contributed by atoms with van der Waals surface area (Å²) in [7, 11) is 0. The SMILES string of the molecule is CC1CCC(C(NN)c2cccc3ncccc23)CC1C. The minimum absolute atomic E-state index is 0.216. The van der Waals surface area contributed by atoms with E-state index >= 15 is 0 Å². The van der Waals surface area contributed by atoms with Crippen molar-refractivity contribution in [3.05, 3.63) is 42.1 Å². The smallest absolute Gasteiger partial charge is 0.0705 e. The maximum atomic E-state index is 5.94. The Labute approximate surface area is 126 Å². The molecule has 1 saturated carbocycles. The number of fused-ring (bicyclic) bond motifs is 1. The molecule has 4 atom stereocenters. The third-order valence-electron chi connectivity index (χ3n) is 5.30. The summed E-state index contributed by atoms with van der Waals surface area (Å²) < 4.78 is 0. The third-order valence-corrected chi connectivity index (χ3v) is 5.30. The number of nitrogens with zero attached hydrogens (tertiary/aromatic N) is 1. The lowest BCUT2D eigenvalue weighted by Gasteiger charge is -2.37. The van der Waals surface area contributed by atoms with E-state index in [2.05, 4.69) is 48.5 Å². The molecule has 1 aliphatic rings. The van der Waals surface area contributed by atoms with Gasteiger partial charge in [-0.15, -0.1) is 0 Å². The Morgan fingerprint density at radius 3 is 2.76 bits per heavy atom. The molecule has 1 heterocycles. The van der Waals surface area contributed by atoms with Gasteiger partial charge in [0.05, 0.1) is 5.52 Å². The van der Waals surface area contributed by atoms with Gasteiger partial charge >= 0.3 is 0 Å². The van der Waals surface area contributed by atoms with Crippen LogP contribution in [0, 0.1) is 17.8 Å². The zero-order valence-corrected chi connectivity index (χ0v) is 12.9. The first-order chi connectivity index (χ1) is 10.2. The van der Waals surface area contributed by atoms with E-state index in [-0.39, 0.29) is 6.04 Å². The molecule has 112 valence electrons. The number of hydrogen-bond acceptors (Lipinski definition) is 3. The van der Waals surface area contributed by atoms with Crippen molar-refractivity contribution >= 4 is 10.9 Å². The third kappa shape index (κ3) is 2.81. The summed E-state index contributed by atoms with van der Waals surface area (Å²) in [5.74, 6) is 8.14. The summed E-state index contributed by atoms with van der Waals surface area (Å²) in [6.45, 7) is 4.74. The highest BCUT2D eigenvalue weighted by atomic mass is 15.2. The Morgan fingerprint density at radius 1 is 1.14 bits per heavy atom. The van der Waals surface area contributed by atoms with E-state index in [1.54, 1.807) is 0 Å². The maximum absolute atomic E-state index is 5.94. The van der Waals surface area contributed by atoms with Gasteiger partial charge in [0.1, 0.15) is 0 Å². The van der Waals surface area contributed by atoms with Crippen molar-refractivity contribution in [1.82, 2.24) is 10.4 Å². The molecular weight excluding hydrogens is 258 g/mol. The topological polar surface area (TPSA) is 50.9 Å². The standard InChI is InChI=1S/C18H25N3/c1-12-8-9-14(11-13(12)2)18(21-19)16-5-3-7-17-15(16)6-4-10-20-17/h3-7,10,12-14,18,21H,8-9,11,19H2,1-2H3. The Hall–Kier alpha value is -1.45. The summed E-state index contributed by atoms with van der Waals surface area (Å²) in [6.07, 6.45) is 5.64. The number of nitrogens with two attached hydrogens (primary N) is 1. The van der Waals surface area contributed by atoms with Crippen molar-refractivity contribution in [1.29, 1.82) is 0 Å². The second kappa shape index (κ2) is 6.12. The number of rotatable bonds is 3. The first-order valence-electron chi connectivity index (χ1n) is 8.00. The molecule has 0 amide bonds. The quantitative estimate of drug-likeness (QED) is 0.665. The Kier molecular flexibility index (Phi) is 4.22. The fourth-order valence-corrected chi connectivity index (χ4v) is 3.77. The van der Waals surface area contributed by atoms with Crippen LogP contribution in [-0.2, 0) is 0 Å². The van der Waals surface area contributed by atoms with Crippen LogP contribution in [0.5, 0.6) is 0 Å². The van der Waals surface area contributed by atoms with Gasteiger partial charge in [-0.2, -0.15) is 0 Å². The molecule has 1 aromatic heterocycles. The first-order valence-corrected chi connectivity index (χ1v) is 8.00. The van der Waals surface area contributed by atoms with Crippen molar-refractivity contribution in [2.75, 3.05) is 0 Å². The number of benzene rings is 1. The maximum Gasteiger partial charge on any atom is 0.0705 e. The zero-order valence-electron chi connectivity index (χ0n) is 12.9. The van der Waals surface area contributed by atoms with Gasteiger partial charge < -0.3 is 0 Å². The predicted molar refractivity (Wildman–Crippen MR) is 87.5 cm³/mol. The second-order valence-electron chi connectivity index (χ2n) is 6.59. The molecule has 21 heavy (non-hydrogen) atoms. The Balaban J connectivity index is 1.95. The van der Waals surface area contributed by atoms with Crippen LogP contribution in [0.25, 0.3) is 10.9 Å². The van der Waals surface area contributed by atoms with Gasteiger partial charge in [0, 0.05) is 17.6 Å². The molecule has 3 N–H and O–H groups in total. The van der Waals surface area contributed by atoms with Crippen LogP contribution in [0.2, 0.25) is 0 Å². The fraction of sp³-hybridized carbons (Fsp3) is 0.500. The summed E-state index contributed by atoms with van der Waals surface area (Å²) in [6, 6.07) is 10.7. The molecule has 3 heteroatoms. The minimum atomic E-state index is 0.216. The molecule has 3 rings (SSSR count). The Bertz CT molecular complexity index is 605. The van der Waals surface area contributed by atoms with Crippen molar-refractivity contribution in [3.63, 3.8) is 0 Å². The van der Waals surface area contributed by atoms with Gasteiger partial charge in [0.2, 0.25) is 0 Å². The van der Waals surface area contributed by atoms with E-state index in [9.17, 15) is 0 Å². The van der Waals surface area contributed by atoms with Crippen LogP contribution in [0.1, 0.15) is 44.7 Å². The number of hydrogen-bond donors (Lipinski definition) is 2. The van der Waals surface area contributed by atoms with Gasteiger partial charge in [-0.25, -0.2) is 0 Å². The van der Waals surface area contributed by atoms with E-state index < -0.39 is 0 Å². The van der Waals surface area contributed by atoms with Crippen molar-refractivity contribution < 1.29 is 0 Å². The van der Waals surface area contributed by atoms with Crippen LogP contribution >= 0.6 is 0 Å². The molecule has 0 bridgehead atoms. The van der Waals surface area contributed by atoms with Crippen LogP contribution in [-0.4, -0.2) is 4.98 Å². The summed E-state index contributed by atoms with van der Waals surface area (Å²) in [5.41, 5.74) is 5.42. The minimum Gasteiger partial charge on any atom is -0.271 e. The monoisotopic (exact) mass is 283 g/mol. The highest BCUT2D eigenvalue weighted by Gasteiger charge is 2.31. The lowest BCUT2D eigenvalue weighted by atomic mass is 9.72. The summed E-state index contributed by atoms with van der Waals surface area (Å²) in [4.78, 5) is 4.46. The van der Waals surface area contributed by atoms with Crippen LogP contribution in [0.15, 0.2) is 36.5 Å². The molecular formula is C18H25N3. The number of nitrogens with one attached hydrogen (secondary N) is 1. The van der Waals surface area contributed by atoms with E-state index in [1.807, 2.05) is 12.3 Å². The molecule has 1 aromatic carbocycles.